The molecule has 2 aromatic carbocycles. The molecule has 0 spiro atoms. The quantitative estimate of drug-likeness (QED) is 0.730. The lowest BCUT2D eigenvalue weighted by Crippen LogP contribution is -2.20. The third-order valence-electron chi connectivity index (χ3n) is 3.52. The van der Waals surface area contributed by atoms with Crippen molar-refractivity contribution in [2.24, 2.45) is 0 Å². The van der Waals surface area contributed by atoms with Crippen molar-refractivity contribution in [2.75, 3.05) is 20.7 Å². The number of hydrogen-bond acceptors (Lipinski definition) is 3. The molecule has 0 fully saturated rings. The third-order valence-corrected chi connectivity index (χ3v) is 4.05. The number of rotatable bonds is 6. The average Bonchev–Trinajstić information content (AvgIpc) is 2.54. The zero-order valence-corrected chi connectivity index (χ0v) is 14.5. The molecule has 2 rings (SSSR count). The monoisotopic (exact) mass is 361 g/mol. The van der Waals surface area contributed by atoms with Crippen LogP contribution in [-0.4, -0.2) is 31.6 Å². The first kappa shape index (κ1) is 16.7. The van der Waals surface area contributed by atoms with E-state index in [2.05, 4.69) is 52.1 Å². The number of benzene rings is 2. The molecule has 0 amide bonds. The minimum atomic E-state index is -0.296. The van der Waals surface area contributed by atoms with E-state index in [9.17, 15) is 4.79 Å². The molecular formula is C18H20BrNO2. The van der Waals surface area contributed by atoms with E-state index in [1.54, 1.807) is 0 Å². The van der Waals surface area contributed by atoms with Gasteiger partial charge < -0.3 is 9.64 Å². The largest absolute Gasteiger partial charge is 0.465 e. The number of likely N-dealkylation sites (N-methyl/N-ethyl adjacent to an activating group) is 1. The van der Waals surface area contributed by atoms with Crippen LogP contribution >= 0.6 is 15.9 Å². The van der Waals surface area contributed by atoms with Gasteiger partial charge in [-0.25, -0.2) is 4.79 Å². The van der Waals surface area contributed by atoms with Crippen molar-refractivity contribution in [1.29, 1.82) is 0 Å². The Bertz CT molecular complexity index is 608. The fourth-order valence-corrected chi connectivity index (χ4v) is 2.49. The van der Waals surface area contributed by atoms with Crippen LogP contribution in [0.3, 0.4) is 0 Å². The summed E-state index contributed by atoms with van der Waals surface area (Å²) in [6, 6.07) is 16.0. The molecule has 0 saturated heterocycles. The van der Waals surface area contributed by atoms with Gasteiger partial charge in [0.25, 0.3) is 0 Å². The van der Waals surface area contributed by atoms with Gasteiger partial charge in [0.05, 0.1) is 12.7 Å². The molecule has 4 heteroatoms. The molecule has 0 N–H and O–H groups in total. The van der Waals surface area contributed by atoms with Gasteiger partial charge in [0, 0.05) is 17.6 Å². The van der Waals surface area contributed by atoms with Crippen LogP contribution in [0.1, 0.15) is 21.5 Å². The van der Waals surface area contributed by atoms with Crippen molar-refractivity contribution in [3.8, 4) is 0 Å². The van der Waals surface area contributed by atoms with Crippen molar-refractivity contribution >= 4 is 21.9 Å². The molecule has 0 bridgehead atoms. The fourth-order valence-electron chi connectivity index (χ4n) is 2.23. The van der Waals surface area contributed by atoms with E-state index in [1.807, 2.05) is 24.3 Å². The van der Waals surface area contributed by atoms with E-state index in [0.29, 0.717) is 5.56 Å². The summed E-state index contributed by atoms with van der Waals surface area (Å²) in [6.07, 6.45) is 1.02. The molecule has 0 saturated carbocycles. The van der Waals surface area contributed by atoms with Crippen molar-refractivity contribution < 1.29 is 9.53 Å². The van der Waals surface area contributed by atoms with Crippen LogP contribution in [0.4, 0.5) is 0 Å². The topological polar surface area (TPSA) is 29.5 Å². The summed E-state index contributed by atoms with van der Waals surface area (Å²) in [6.45, 7) is 1.85. The number of ether oxygens (including phenoxy) is 1. The highest BCUT2D eigenvalue weighted by Gasteiger charge is 2.06. The van der Waals surface area contributed by atoms with E-state index in [4.69, 9.17) is 4.74 Å². The second kappa shape index (κ2) is 8.11. The fraction of sp³-hybridized carbons (Fsp3) is 0.278. The number of methoxy groups -OCH3 is 1. The summed E-state index contributed by atoms with van der Waals surface area (Å²) in [5.74, 6) is -0.296. The number of esters is 1. The van der Waals surface area contributed by atoms with Gasteiger partial charge in [-0.1, -0.05) is 40.2 Å². The van der Waals surface area contributed by atoms with Gasteiger partial charge in [0.2, 0.25) is 0 Å². The zero-order valence-electron chi connectivity index (χ0n) is 12.9. The lowest BCUT2D eigenvalue weighted by Gasteiger charge is -2.17. The second-order valence-electron chi connectivity index (χ2n) is 5.30. The van der Waals surface area contributed by atoms with Crippen molar-refractivity contribution in [3.05, 3.63) is 69.7 Å². The lowest BCUT2D eigenvalue weighted by molar-refractivity contribution is 0.0600. The predicted octanol–water partition coefficient (Wildman–Crippen LogP) is 3.91. The predicted molar refractivity (Wildman–Crippen MR) is 92.0 cm³/mol. The molecule has 0 atom stereocenters. The molecule has 0 unspecified atom stereocenters. The lowest BCUT2D eigenvalue weighted by atomic mass is 10.1. The summed E-state index contributed by atoms with van der Waals surface area (Å²) in [5.41, 5.74) is 3.10. The summed E-state index contributed by atoms with van der Waals surface area (Å²) in [5, 5.41) is 0. The second-order valence-corrected chi connectivity index (χ2v) is 6.22. The van der Waals surface area contributed by atoms with Gasteiger partial charge in [-0.3, -0.25) is 0 Å². The first-order valence-electron chi connectivity index (χ1n) is 7.18. The van der Waals surface area contributed by atoms with E-state index in [0.717, 1.165) is 24.0 Å². The summed E-state index contributed by atoms with van der Waals surface area (Å²) in [7, 11) is 3.50. The molecule has 0 aliphatic carbocycles. The minimum absolute atomic E-state index is 0.296. The van der Waals surface area contributed by atoms with Gasteiger partial charge >= 0.3 is 5.97 Å². The Kier molecular flexibility index (Phi) is 6.16. The van der Waals surface area contributed by atoms with Crippen LogP contribution < -0.4 is 0 Å². The molecule has 0 radical (unpaired) electrons. The summed E-state index contributed by atoms with van der Waals surface area (Å²) < 4.78 is 5.81. The van der Waals surface area contributed by atoms with Gasteiger partial charge in [-0.15, -0.1) is 0 Å². The molecule has 0 aromatic heterocycles. The minimum Gasteiger partial charge on any atom is -0.465 e. The first-order valence-corrected chi connectivity index (χ1v) is 7.98. The van der Waals surface area contributed by atoms with E-state index in [-0.39, 0.29) is 5.97 Å². The zero-order chi connectivity index (χ0) is 15.9. The Labute approximate surface area is 140 Å². The Morgan fingerprint density at radius 1 is 1.05 bits per heavy atom. The summed E-state index contributed by atoms with van der Waals surface area (Å²) in [4.78, 5) is 13.7. The number of nitrogens with zero attached hydrogens (tertiary/aromatic N) is 1. The maximum absolute atomic E-state index is 11.4. The van der Waals surface area contributed by atoms with E-state index < -0.39 is 0 Å². The molecular weight excluding hydrogens is 342 g/mol. The molecule has 22 heavy (non-hydrogen) atoms. The van der Waals surface area contributed by atoms with Gasteiger partial charge in [-0.2, -0.15) is 0 Å². The third kappa shape index (κ3) is 4.97. The van der Waals surface area contributed by atoms with Crippen LogP contribution in [0.15, 0.2) is 53.0 Å². The Morgan fingerprint density at radius 2 is 1.64 bits per heavy atom. The molecule has 0 aliphatic rings. The van der Waals surface area contributed by atoms with Crippen molar-refractivity contribution in [3.63, 3.8) is 0 Å². The average molecular weight is 362 g/mol. The van der Waals surface area contributed by atoms with Gasteiger partial charge in [0.15, 0.2) is 0 Å². The Morgan fingerprint density at radius 3 is 2.23 bits per heavy atom. The van der Waals surface area contributed by atoms with E-state index in [1.165, 1.54) is 18.2 Å². The Hall–Kier alpha value is -1.65. The number of carbonyl (C=O) groups excluding carboxylic acids is 1. The summed E-state index contributed by atoms with van der Waals surface area (Å²) >= 11 is 3.45. The number of hydrogen-bond donors (Lipinski definition) is 0. The van der Waals surface area contributed by atoms with Gasteiger partial charge in [0.1, 0.15) is 0 Å². The normalized spacial score (nSPS) is 10.7. The highest BCUT2D eigenvalue weighted by molar-refractivity contribution is 9.10. The van der Waals surface area contributed by atoms with Crippen LogP contribution in [-0.2, 0) is 17.7 Å². The molecule has 0 aliphatic heterocycles. The number of carbonyl (C=O) groups is 1. The van der Waals surface area contributed by atoms with Crippen LogP contribution in [0.2, 0.25) is 0 Å². The van der Waals surface area contributed by atoms with Crippen molar-refractivity contribution in [2.45, 2.75) is 13.0 Å². The van der Waals surface area contributed by atoms with Crippen molar-refractivity contribution in [1.82, 2.24) is 4.90 Å². The maximum atomic E-state index is 11.4. The maximum Gasteiger partial charge on any atom is 0.337 e. The number of halogens is 1. The standard InChI is InChI=1S/C18H20BrNO2/c1-20(12-11-14-5-9-17(19)10-6-14)13-15-3-7-16(8-4-15)18(21)22-2/h3-10H,11-13H2,1-2H3. The van der Waals surface area contributed by atoms with Crippen LogP contribution in [0.25, 0.3) is 0 Å². The smallest absolute Gasteiger partial charge is 0.337 e. The Balaban J connectivity index is 1.85. The molecule has 0 heterocycles. The van der Waals surface area contributed by atoms with E-state index >= 15 is 0 Å². The SMILES string of the molecule is COC(=O)c1ccc(CN(C)CCc2ccc(Br)cc2)cc1. The molecule has 3 nitrogen and oxygen atoms in total. The highest BCUT2D eigenvalue weighted by Crippen LogP contribution is 2.12. The first-order chi connectivity index (χ1) is 10.6. The van der Waals surface area contributed by atoms with Crippen LogP contribution in [0, 0.1) is 0 Å². The molecule has 116 valence electrons. The highest BCUT2D eigenvalue weighted by atomic mass is 79.9. The molecule has 2 aromatic rings. The van der Waals surface area contributed by atoms with Gasteiger partial charge in [-0.05, 0) is 48.9 Å². The van der Waals surface area contributed by atoms with Crippen LogP contribution in [0.5, 0.6) is 0 Å².